The van der Waals surface area contributed by atoms with Crippen molar-refractivity contribution in [3.63, 3.8) is 0 Å². The Morgan fingerprint density at radius 2 is 2.12 bits per heavy atom. The molecule has 92 valence electrons. The highest BCUT2D eigenvalue weighted by atomic mass is 16.4. The SMILES string of the molecule is CCC1CCN(c2ccc(C(=O)O)nn2)CC1. The van der Waals surface area contributed by atoms with Gasteiger partial charge in [0.25, 0.3) is 0 Å². The largest absolute Gasteiger partial charge is 0.476 e. The molecule has 5 nitrogen and oxygen atoms in total. The number of carboxylic acid groups (broad SMARTS) is 1. The van der Waals surface area contributed by atoms with Crippen LogP contribution < -0.4 is 4.90 Å². The van der Waals surface area contributed by atoms with Gasteiger partial charge in [-0.3, -0.25) is 0 Å². The van der Waals surface area contributed by atoms with E-state index >= 15 is 0 Å². The second kappa shape index (κ2) is 5.12. The van der Waals surface area contributed by atoms with Gasteiger partial charge in [-0.15, -0.1) is 10.2 Å². The van der Waals surface area contributed by atoms with E-state index in [-0.39, 0.29) is 5.69 Å². The van der Waals surface area contributed by atoms with Crippen molar-refractivity contribution < 1.29 is 9.90 Å². The van der Waals surface area contributed by atoms with Gasteiger partial charge in [0, 0.05) is 13.1 Å². The average molecular weight is 235 g/mol. The van der Waals surface area contributed by atoms with Crippen molar-refractivity contribution in [2.75, 3.05) is 18.0 Å². The fourth-order valence-electron chi connectivity index (χ4n) is 2.18. The van der Waals surface area contributed by atoms with Gasteiger partial charge in [-0.25, -0.2) is 4.79 Å². The van der Waals surface area contributed by atoms with Crippen LogP contribution in [0.5, 0.6) is 0 Å². The molecule has 2 rings (SSSR count). The number of piperidine rings is 1. The molecular weight excluding hydrogens is 218 g/mol. The van der Waals surface area contributed by atoms with Gasteiger partial charge in [-0.1, -0.05) is 13.3 Å². The normalized spacial score (nSPS) is 17.1. The number of carbonyl (C=O) groups is 1. The lowest BCUT2D eigenvalue weighted by atomic mass is 9.94. The summed E-state index contributed by atoms with van der Waals surface area (Å²) in [6.45, 7) is 4.20. The maximum atomic E-state index is 10.7. The van der Waals surface area contributed by atoms with Crippen LogP contribution in [0.3, 0.4) is 0 Å². The third kappa shape index (κ3) is 2.72. The molecule has 0 spiro atoms. The standard InChI is InChI=1S/C12H17N3O2/c1-2-9-5-7-15(8-6-9)11-4-3-10(12(16)17)13-14-11/h3-4,9H,2,5-8H2,1H3,(H,16,17). The van der Waals surface area contributed by atoms with E-state index in [1.807, 2.05) is 0 Å². The van der Waals surface area contributed by atoms with Crippen molar-refractivity contribution in [2.24, 2.45) is 5.92 Å². The molecule has 0 saturated carbocycles. The van der Waals surface area contributed by atoms with E-state index in [1.165, 1.54) is 25.3 Å². The summed E-state index contributed by atoms with van der Waals surface area (Å²) < 4.78 is 0. The number of aromatic carboxylic acids is 1. The minimum absolute atomic E-state index is 0.00260. The van der Waals surface area contributed by atoms with Gasteiger partial charge in [0.2, 0.25) is 0 Å². The van der Waals surface area contributed by atoms with Crippen molar-refractivity contribution >= 4 is 11.8 Å². The highest BCUT2D eigenvalue weighted by Gasteiger charge is 2.19. The Kier molecular flexibility index (Phi) is 3.56. The summed E-state index contributed by atoms with van der Waals surface area (Å²) in [6, 6.07) is 3.25. The smallest absolute Gasteiger partial charge is 0.356 e. The van der Waals surface area contributed by atoms with Crippen LogP contribution in [0.2, 0.25) is 0 Å². The second-order valence-corrected chi connectivity index (χ2v) is 4.42. The van der Waals surface area contributed by atoms with Crippen LogP contribution in [0.25, 0.3) is 0 Å². The Balaban J connectivity index is 2.01. The summed E-state index contributed by atoms with van der Waals surface area (Å²) in [4.78, 5) is 12.8. The zero-order valence-electron chi connectivity index (χ0n) is 9.96. The Bertz CT molecular complexity index is 383. The first-order valence-corrected chi connectivity index (χ1v) is 6.02. The molecule has 0 amide bonds. The van der Waals surface area contributed by atoms with E-state index in [9.17, 15) is 4.79 Å². The number of rotatable bonds is 3. The second-order valence-electron chi connectivity index (χ2n) is 4.42. The van der Waals surface area contributed by atoms with Gasteiger partial charge in [0.15, 0.2) is 11.5 Å². The van der Waals surface area contributed by atoms with Crippen LogP contribution in [0.1, 0.15) is 36.7 Å². The fraction of sp³-hybridized carbons (Fsp3) is 0.583. The minimum atomic E-state index is -1.03. The first-order chi connectivity index (χ1) is 8.20. The van der Waals surface area contributed by atoms with E-state index in [0.717, 1.165) is 24.8 Å². The first kappa shape index (κ1) is 11.8. The maximum absolute atomic E-state index is 10.7. The van der Waals surface area contributed by atoms with Crippen LogP contribution in [-0.4, -0.2) is 34.4 Å². The average Bonchev–Trinajstić information content (AvgIpc) is 2.39. The summed E-state index contributed by atoms with van der Waals surface area (Å²) in [6.07, 6.45) is 3.59. The van der Waals surface area contributed by atoms with Crippen molar-refractivity contribution in [1.82, 2.24) is 10.2 Å². The molecule has 0 atom stereocenters. The van der Waals surface area contributed by atoms with Crippen molar-refractivity contribution in [1.29, 1.82) is 0 Å². The molecule has 0 unspecified atom stereocenters. The quantitative estimate of drug-likeness (QED) is 0.865. The maximum Gasteiger partial charge on any atom is 0.356 e. The summed E-state index contributed by atoms with van der Waals surface area (Å²) in [5, 5.41) is 16.4. The van der Waals surface area contributed by atoms with Crippen molar-refractivity contribution in [3.05, 3.63) is 17.8 Å². The molecule has 0 aliphatic carbocycles. The van der Waals surface area contributed by atoms with E-state index in [2.05, 4.69) is 22.0 Å². The molecule has 1 N–H and O–H groups in total. The minimum Gasteiger partial charge on any atom is -0.476 e. The number of carboxylic acids is 1. The zero-order chi connectivity index (χ0) is 12.3. The monoisotopic (exact) mass is 235 g/mol. The number of anilines is 1. The van der Waals surface area contributed by atoms with Crippen LogP contribution >= 0.6 is 0 Å². The molecule has 2 heterocycles. The van der Waals surface area contributed by atoms with Crippen molar-refractivity contribution in [3.8, 4) is 0 Å². The summed E-state index contributed by atoms with van der Waals surface area (Å²) in [5.41, 5.74) is -0.00260. The molecule has 17 heavy (non-hydrogen) atoms. The van der Waals surface area contributed by atoms with Gasteiger partial charge in [-0.05, 0) is 30.9 Å². The summed E-state index contributed by atoms with van der Waals surface area (Å²) in [5.74, 6) is 0.566. The predicted molar refractivity (Wildman–Crippen MR) is 64.2 cm³/mol. The Morgan fingerprint density at radius 1 is 1.41 bits per heavy atom. The molecule has 0 aromatic carbocycles. The van der Waals surface area contributed by atoms with Gasteiger partial charge in [0.1, 0.15) is 0 Å². The number of hydrogen-bond acceptors (Lipinski definition) is 4. The van der Waals surface area contributed by atoms with Crippen LogP contribution in [-0.2, 0) is 0 Å². The third-order valence-electron chi connectivity index (χ3n) is 3.39. The Hall–Kier alpha value is -1.65. The van der Waals surface area contributed by atoms with Gasteiger partial charge >= 0.3 is 5.97 Å². The highest BCUT2D eigenvalue weighted by Crippen LogP contribution is 2.23. The predicted octanol–water partition coefficient (Wildman–Crippen LogP) is 1.80. The van der Waals surface area contributed by atoms with Crippen LogP contribution in [0, 0.1) is 5.92 Å². The number of nitrogens with zero attached hydrogens (tertiary/aromatic N) is 3. The number of hydrogen-bond donors (Lipinski definition) is 1. The van der Waals surface area contributed by atoms with E-state index in [1.54, 1.807) is 6.07 Å². The highest BCUT2D eigenvalue weighted by molar-refractivity contribution is 5.85. The molecule has 1 aromatic heterocycles. The Morgan fingerprint density at radius 3 is 2.59 bits per heavy atom. The zero-order valence-corrected chi connectivity index (χ0v) is 9.96. The molecule has 1 saturated heterocycles. The van der Waals surface area contributed by atoms with Crippen LogP contribution in [0.4, 0.5) is 5.82 Å². The molecular formula is C12H17N3O2. The van der Waals surface area contributed by atoms with E-state index in [0.29, 0.717) is 0 Å². The lowest BCUT2D eigenvalue weighted by Gasteiger charge is -2.31. The molecule has 5 heteroatoms. The third-order valence-corrected chi connectivity index (χ3v) is 3.39. The van der Waals surface area contributed by atoms with Gasteiger partial charge < -0.3 is 10.0 Å². The van der Waals surface area contributed by atoms with Gasteiger partial charge in [-0.2, -0.15) is 0 Å². The molecule has 0 bridgehead atoms. The first-order valence-electron chi connectivity index (χ1n) is 6.02. The number of aromatic nitrogens is 2. The van der Waals surface area contributed by atoms with Crippen LogP contribution in [0.15, 0.2) is 12.1 Å². The molecule has 0 radical (unpaired) electrons. The lowest BCUT2D eigenvalue weighted by Crippen LogP contribution is -2.34. The Labute approximate surface area is 100 Å². The molecule has 1 fully saturated rings. The topological polar surface area (TPSA) is 66.3 Å². The van der Waals surface area contributed by atoms with E-state index < -0.39 is 5.97 Å². The summed E-state index contributed by atoms with van der Waals surface area (Å²) >= 11 is 0. The lowest BCUT2D eigenvalue weighted by molar-refractivity contribution is 0.0689. The molecule has 1 aliphatic rings. The van der Waals surface area contributed by atoms with E-state index in [4.69, 9.17) is 5.11 Å². The molecule has 1 aromatic rings. The van der Waals surface area contributed by atoms with Crippen molar-refractivity contribution in [2.45, 2.75) is 26.2 Å². The summed E-state index contributed by atoms with van der Waals surface area (Å²) in [7, 11) is 0. The van der Waals surface area contributed by atoms with Gasteiger partial charge in [0.05, 0.1) is 0 Å². The molecule has 1 aliphatic heterocycles. The fourth-order valence-corrected chi connectivity index (χ4v) is 2.18.